The summed E-state index contributed by atoms with van der Waals surface area (Å²) in [6.07, 6.45) is 0. The lowest BCUT2D eigenvalue weighted by molar-refractivity contribution is -0.114. The summed E-state index contributed by atoms with van der Waals surface area (Å²) in [5, 5.41) is 7.87. The van der Waals surface area contributed by atoms with E-state index in [0.29, 0.717) is 18.7 Å². The van der Waals surface area contributed by atoms with Crippen LogP contribution in [-0.4, -0.2) is 5.91 Å². The third-order valence-electron chi connectivity index (χ3n) is 2.61. The Bertz CT molecular complexity index is 568. The largest absolute Gasteiger partial charge is 0.325 e. The maximum atomic E-state index is 13.4. The Hall–Kier alpha value is -1.72. The van der Waals surface area contributed by atoms with Gasteiger partial charge in [0.15, 0.2) is 0 Å². The Labute approximate surface area is 115 Å². The molecule has 1 heterocycles. The van der Waals surface area contributed by atoms with Crippen molar-refractivity contribution in [2.75, 3.05) is 5.32 Å². The van der Waals surface area contributed by atoms with Crippen LogP contribution in [-0.2, 0) is 17.9 Å². The lowest BCUT2D eigenvalue weighted by Crippen LogP contribution is -2.15. The van der Waals surface area contributed by atoms with Crippen LogP contribution >= 0.6 is 11.3 Å². The van der Waals surface area contributed by atoms with Gasteiger partial charge in [0, 0.05) is 30.5 Å². The minimum absolute atomic E-state index is 0.0891. The molecule has 0 aliphatic heterocycles. The van der Waals surface area contributed by atoms with Gasteiger partial charge in [0.25, 0.3) is 0 Å². The van der Waals surface area contributed by atoms with Gasteiger partial charge in [-0.1, -0.05) is 18.2 Å². The van der Waals surface area contributed by atoms with Gasteiger partial charge in [-0.15, -0.1) is 11.3 Å². The number of halogens is 1. The molecule has 1 aromatic carbocycles. The van der Waals surface area contributed by atoms with Crippen molar-refractivity contribution in [3.63, 3.8) is 0 Å². The molecule has 3 nitrogen and oxygen atoms in total. The summed E-state index contributed by atoms with van der Waals surface area (Å²) in [6, 6.07) is 8.56. The van der Waals surface area contributed by atoms with Crippen molar-refractivity contribution >= 4 is 22.9 Å². The number of amides is 1. The minimum Gasteiger partial charge on any atom is -0.325 e. The smallest absolute Gasteiger partial charge is 0.221 e. The molecule has 0 atom stereocenters. The first-order chi connectivity index (χ1) is 9.16. The summed E-state index contributed by atoms with van der Waals surface area (Å²) in [5.41, 5.74) is 1.46. The number of rotatable bonds is 5. The highest BCUT2D eigenvalue weighted by Gasteiger charge is 2.06. The Balaban J connectivity index is 1.91. The van der Waals surface area contributed by atoms with Gasteiger partial charge < -0.3 is 10.6 Å². The van der Waals surface area contributed by atoms with Crippen molar-refractivity contribution in [1.29, 1.82) is 0 Å². The van der Waals surface area contributed by atoms with Crippen LogP contribution in [0, 0.1) is 5.82 Å². The van der Waals surface area contributed by atoms with E-state index in [9.17, 15) is 9.18 Å². The van der Waals surface area contributed by atoms with E-state index in [0.717, 1.165) is 10.6 Å². The number of benzene rings is 1. The first-order valence-electron chi connectivity index (χ1n) is 5.95. The Morgan fingerprint density at radius 2 is 2.05 bits per heavy atom. The SMILES string of the molecule is CC(=O)Nc1ccsc1CNCc1ccccc1F. The molecule has 100 valence electrons. The molecule has 1 aromatic heterocycles. The number of nitrogens with one attached hydrogen (secondary N) is 2. The molecule has 0 spiro atoms. The van der Waals surface area contributed by atoms with E-state index in [-0.39, 0.29) is 11.7 Å². The lowest BCUT2D eigenvalue weighted by atomic mass is 10.2. The van der Waals surface area contributed by atoms with Crippen molar-refractivity contribution < 1.29 is 9.18 Å². The summed E-state index contributed by atoms with van der Waals surface area (Å²) in [7, 11) is 0. The maximum Gasteiger partial charge on any atom is 0.221 e. The van der Waals surface area contributed by atoms with Gasteiger partial charge in [0.2, 0.25) is 5.91 Å². The van der Waals surface area contributed by atoms with Crippen molar-refractivity contribution in [3.8, 4) is 0 Å². The second-order valence-electron chi connectivity index (χ2n) is 4.13. The quantitative estimate of drug-likeness (QED) is 0.882. The van der Waals surface area contributed by atoms with Crippen LogP contribution in [0.4, 0.5) is 10.1 Å². The highest BCUT2D eigenvalue weighted by atomic mass is 32.1. The zero-order valence-electron chi connectivity index (χ0n) is 10.6. The summed E-state index contributed by atoms with van der Waals surface area (Å²) < 4.78 is 13.4. The molecule has 19 heavy (non-hydrogen) atoms. The molecule has 5 heteroatoms. The van der Waals surface area contributed by atoms with E-state index in [4.69, 9.17) is 0 Å². The molecule has 0 aliphatic rings. The average Bonchev–Trinajstić information content (AvgIpc) is 2.78. The number of hydrogen-bond donors (Lipinski definition) is 2. The lowest BCUT2D eigenvalue weighted by Gasteiger charge is -2.07. The number of anilines is 1. The Morgan fingerprint density at radius 3 is 2.79 bits per heavy atom. The molecule has 2 aromatic rings. The fraction of sp³-hybridized carbons (Fsp3) is 0.214. The first-order valence-corrected chi connectivity index (χ1v) is 6.83. The molecular formula is C14H15FN2OS. The van der Waals surface area contributed by atoms with Crippen molar-refractivity contribution in [3.05, 3.63) is 52.0 Å². The number of carbonyl (C=O) groups excluding carboxylic acids is 1. The summed E-state index contributed by atoms with van der Waals surface area (Å²) in [6.45, 7) is 2.54. The zero-order valence-corrected chi connectivity index (χ0v) is 11.4. The van der Waals surface area contributed by atoms with Crippen LogP contribution in [0.5, 0.6) is 0 Å². The van der Waals surface area contributed by atoms with Crippen LogP contribution < -0.4 is 10.6 Å². The monoisotopic (exact) mass is 278 g/mol. The highest BCUT2D eigenvalue weighted by molar-refractivity contribution is 7.10. The first kappa shape index (κ1) is 13.7. The number of carbonyl (C=O) groups is 1. The zero-order chi connectivity index (χ0) is 13.7. The maximum absolute atomic E-state index is 13.4. The van der Waals surface area contributed by atoms with Crippen molar-refractivity contribution in [1.82, 2.24) is 5.32 Å². The van der Waals surface area contributed by atoms with Gasteiger partial charge in [0.1, 0.15) is 5.82 Å². The molecule has 2 rings (SSSR count). The molecule has 2 N–H and O–H groups in total. The standard InChI is InChI=1S/C14H15FN2OS/c1-10(18)17-13-6-7-19-14(13)9-16-8-11-4-2-3-5-12(11)15/h2-7,16H,8-9H2,1H3,(H,17,18). The number of thiophene rings is 1. The summed E-state index contributed by atoms with van der Waals surface area (Å²) in [5.74, 6) is -0.294. The van der Waals surface area contributed by atoms with E-state index < -0.39 is 0 Å². The fourth-order valence-electron chi connectivity index (χ4n) is 1.73. The Kier molecular flexibility index (Phi) is 4.65. The predicted octanol–water partition coefficient (Wildman–Crippen LogP) is 3.14. The third kappa shape index (κ3) is 3.87. The van der Waals surface area contributed by atoms with Gasteiger partial charge in [-0.25, -0.2) is 4.39 Å². The van der Waals surface area contributed by atoms with Gasteiger partial charge in [-0.2, -0.15) is 0 Å². The van der Waals surface area contributed by atoms with Gasteiger partial charge >= 0.3 is 0 Å². The van der Waals surface area contributed by atoms with E-state index >= 15 is 0 Å². The van der Waals surface area contributed by atoms with Crippen LogP contribution in [0.15, 0.2) is 35.7 Å². The van der Waals surface area contributed by atoms with E-state index in [2.05, 4.69) is 10.6 Å². The van der Waals surface area contributed by atoms with Gasteiger partial charge in [-0.3, -0.25) is 4.79 Å². The van der Waals surface area contributed by atoms with Gasteiger partial charge in [-0.05, 0) is 17.5 Å². The molecular weight excluding hydrogens is 263 g/mol. The average molecular weight is 278 g/mol. The molecule has 0 radical (unpaired) electrons. The molecule has 0 unspecified atom stereocenters. The second kappa shape index (κ2) is 6.45. The van der Waals surface area contributed by atoms with Crippen LogP contribution in [0.2, 0.25) is 0 Å². The van der Waals surface area contributed by atoms with Crippen LogP contribution in [0.1, 0.15) is 17.4 Å². The number of hydrogen-bond acceptors (Lipinski definition) is 3. The Morgan fingerprint density at radius 1 is 1.26 bits per heavy atom. The molecule has 0 saturated heterocycles. The van der Waals surface area contributed by atoms with E-state index in [1.165, 1.54) is 13.0 Å². The van der Waals surface area contributed by atoms with Crippen molar-refractivity contribution in [2.24, 2.45) is 0 Å². The van der Waals surface area contributed by atoms with Crippen LogP contribution in [0.25, 0.3) is 0 Å². The molecule has 0 aliphatic carbocycles. The highest BCUT2D eigenvalue weighted by Crippen LogP contribution is 2.22. The molecule has 0 fully saturated rings. The molecule has 0 saturated carbocycles. The normalized spacial score (nSPS) is 10.4. The summed E-state index contributed by atoms with van der Waals surface area (Å²) >= 11 is 1.56. The molecule has 1 amide bonds. The van der Waals surface area contributed by atoms with E-state index in [1.807, 2.05) is 17.5 Å². The van der Waals surface area contributed by atoms with Gasteiger partial charge in [0.05, 0.1) is 5.69 Å². The predicted molar refractivity (Wildman–Crippen MR) is 75.6 cm³/mol. The van der Waals surface area contributed by atoms with E-state index in [1.54, 1.807) is 23.5 Å². The third-order valence-corrected chi connectivity index (χ3v) is 3.54. The minimum atomic E-state index is -0.205. The van der Waals surface area contributed by atoms with Crippen LogP contribution in [0.3, 0.4) is 0 Å². The second-order valence-corrected chi connectivity index (χ2v) is 5.13. The summed E-state index contributed by atoms with van der Waals surface area (Å²) in [4.78, 5) is 12.1. The van der Waals surface area contributed by atoms with Crippen molar-refractivity contribution in [2.45, 2.75) is 20.0 Å². The fourth-order valence-corrected chi connectivity index (χ4v) is 2.53. The molecule has 0 bridgehead atoms. The topological polar surface area (TPSA) is 41.1 Å².